The molecule has 0 bridgehead atoms. The number of carbonyl (C=O) groups is 1. The predicted molar refractivity (Wildman–Crippen MR) is 90.0 cm³/mol. The molecule has 0 aliphatic rings. The van der Waals surface area contributed by atoms with E-state index in [1.165, 1.54) is 0 Å². The maximum absolute atomic E-state index is 12.1. The van der Waals surface area contributed by atoms with E-state index in [-0.39, 0.29) is 29.7 Å². The fraction of sp³-hybridized carbons (Fsp3) is 0.278. The second-order valence-electron chi connectivity index (χ2n) is 5.38. The van der Waals surface area contributed by atoms with Crippen LogP contribution in [0.25, 0.3) is 0 Å². The number of benzene rings is 2. The monoisotopic (exact) mass is 312 g/mol. The highest BCUT2D eigenvalue weighted by Crippen LogP contribution is 2.23. The molecule has 1 N–H and O–H groups in total. The van der Waals surface area contributed by atoms with Gasteiger partial charge in [-0.2, -0.15) is 0 Å². The van der Waals surface area contributed by atoms with Crippen LogP contribution < -0.4 is 5.32 Å². The fourth-order valence-corrected chi connectivity index (χ4v) is 2.41. The number of nitro groups is 1. The molecule has 0 unspecified atom stereocenters. The van der Waals surface area contributed by atoms with Crippen LogP contribution in [0, 0.1) is 10.1 Å². The quantitative estimate of drug-likeness (QED) is 0.564. The minimum Gasteiger partial charge on any atom is -0.378 e. The van der Waals surface area contributed by atoms with Crippen LogP contribution >= 0.6 is 0 Å². The zero-order valence-corrected chi connectivity index (χ0v) is 12.9. The standard InChI is InChI=1S/C18H20N2O3/c21-17(12-7-13-20(22)23)14-18(15-8-3-1-4-9-15)19-16-10-5-2-6-11-16/h1-6,8-11,18-19H,7,12-14H2/t18-/m1/s1. The van der Waals surface area contributed by atoms with Crippen molar-refractivity contribution in [3.63, 3.8) is 0 Å². The molecule has 0 spiro atoms. The Morgan fingerprint density at radius 1 is 1.04 bits per heavy atom. The van der Waals surface area contributed by atoms with Crippen molar-refractivity contribution < 1.29 is 9.72 Å². The highest BCUT2D eigenvalue weighted by Gasteiger charge is 2.16. The number of anilines is 1. The summed E-state index contributed by atoms with van der Waals surface area (Å²) in [5, 5.41) is 13.7. The smallest absolute Gasteiger partial charge is 0.204 e. The van der Waals surface area contributed by atoms with Crippen molar-refractivity contribution in [2.24, 2.45) is 0 Å². The lowest BCUT2D eigenvalue weighted by Gasteiger charge is -2.20. The number of para-hydroxylation sites is 1. The second kappa shape index (κ2) is 8.68. The third-order valence-electron chi connectivity index (χ3n) is 3.54. The van der Waals surface area contributed by atoms with E-state index in [2.05, 4.69) is 5.32 Å². The van der Waals surface area contributed by atoms with Crippen LogP contribution in [0.5, 0.6) is 0 Å². The molecule has 5 heteroatoms. The van der Waals surface area contributed by atoms with Gasteiger partial charge >= 0.3 is 0 Å². The molecule has 0 fully saturated rings. The molecule has 0 amide bonds. The summed E-state index contributed by atoms with van der Waals surface area (Å²) in [6.45, 7) is -0.159. The molecule has 0 radical (unpaired) electrons. The van der Waals surface area contributed by atoms with E-state index < -0.39 is 0 Å². The van der Waals surface area contributed by atoms with Gasteiger partial charge in [0.15, 0.2) is 0 Å². The van der Waals surface area contributed by atoms with Crippen LogP contribution in [0.4, 0.5) is 5.69 Å². The second-order valence-corrected chi connectivity index (χ2v) is 5.38. The van der Waals surface area contributed by atoms with Crippen LogP contribution in [-0.4, -0.2) is 17.3 Å². The lowest BCUT2D eigenvalue weighted by Crippen LogP contribution is -2.16. The van der Waals surface area contributed by atoms with Crippen molar-refractivity contribution >= 4 is 11.5 Å². The summed E-state index contributed by atoms with van der Waals surface area (Å²) >= 11 is 0. The van der Waals surface area contributed by atoms with E-state index >= 15 is 0 Å². The van der Waals surface area contributed by atoms with Gasteiger partial charge in [0.05, 0.1) is 6.04 Å². The predicted octanol–water partition coefficient (Wildman–Crippen LogP) is 3.86. The SMILES string of the molecule is O=C(CCC[N+](=O)[O-])C[C@@H](Nc1ccccc1)c1ccccc1. The molecular formula is C18H20N2O3. The zero-order chi connectivity index (χ0) is 16.5. The highest BCUT2D eigenvalue weighted by molar-refractivity contribution is 5.79. The molecule has 0 saturated carbocycles. The lowest BCUT2D eigenvalue weighted by molar-refractivity contribution is -0.480. The molecule has 0 saturated heterocycles. The molecule has 0 aliphatic heterocycles. The van der Waals surface area contributed by atoms with Gasteiger partial charge in [0.1, 0.15) is 5.78 Å². The van der Waals surface area contributed by atoms with Crippen molar-refractivity contribution in [3.05, 3.63) is 76.3 Å². The number of rotatable bonds is 9. The molecule has 2 aromatic rings. The molecule has 0 heterocycles. The molecule has 120 valence electrons. The van der Waals surface area contributed by atoms with Gasteiger partial charge in [0.2, 0.25) is 6.54 Å². The summed E-state index contributed by atoms with van der Waals surface area (Å²) in [5.74, 6) is 0.0316. The minimum atomic E-state index is -0.385. The third kappa shape index (κ3) is 5.90. The van der Waals surface area contributed by atoms with Gasteiger partial charge < -0.3 is 5.32 Å². The Kier molecular flexibility index (Phi) is 6.29. The van der Waals surface area contributed by atoms with Gasteiger partial charge in [0.25, 0.3) is 0 Å². The molecule has 5 nitrogen and oxygen atoms in total. The largest absolute Gasteiger partial charge is 0.378 e. The van der Waals surface area contributed by atoms with Crippen molar-refractivity contribution in [2.75, 3.05) is 11.9 Å². The Balaban J connectivity index is 2.02. The number of hydrogen-bond acceptors (Lipinski definition) is 4. The van der Waals surface area contributed by atoms with Gasteiger partial charge in [-0.3, -0.25) is 14.9 Å². The number of carbonyl (C=O) groups excluding carboxylic acids is 1. The van der Waals surface area contributed by atoms with Crippen LogP contribution in [-0.2, 0) is 4.79 Å². The molecule has 2 rings (SSSR count). The average Bonchev–Trinajstić information content (AvgIpc) is 2.56. The van der Waals surface area contributed by atoms with E-state index in [1.807, 2.05) is 60.7 Å². The van der Waals surface area contributed by atoms with Crippen molar-refractivity contribution in [1.82, 2.24) is 0 Å². The Bertz CT molecular complexity index is 629. The van der Waals surface area contributed by atoms with Crippen LogP contribution in [0.15, 0.2) is 60.7 Å². The van der Waals surface area contributed by atoms with Crippen molar-refractivity contribution in [2.45, 2.75) is 25.3 Å². The van der Waals surface area contributed by atoms with Gasteiger partial charge in [-0.1, -0.05) is 48.5 Å². The van der Waals surface area contributed by atoms with Crippen molar-refractivity contribution in [1.29, 1.82) is 0 Å². The number of nitrogens with zero attached hydrogens (tertiary/aromatic N) is 1. The fourth-order valence-electron chi connectivity index (χ4n) is 2.41. The average molecular weight is 312 g/mol. The summed E-state index contributed by atoms with van der Waals surface area (Å²) in [5.41, 5.74) is 1.97. The molecule has 0 aromatic heterocycles. The first-order chi connectivity index (χ1) is 11.1. The van der Waals surface area contributed by atoms with Crippen molar-refractivity contribution in [3.8, 4) is 0 Å². The topological polar surface area (TPSA) is 72.2 Å². The number of Topliss-reactive ketones (excluding diaryl/α,β-unsaturated/α-hetero) is 1. The number of nitrogens with one attached hydrogen (secondary N) is 1. The Labute approximate surface area is 135 Å². The Morgan fingerprint density at radius 2 is 1.65 bits per heavy atom. The first-order valence-corrected chi connectivity index (χ1v) is 7.65. The molecule has 23 heavy (non-hydrogen) atoms. The summed E-state index contributed by atoms with van der Waals surface area (Å²) in [6.07, 6.45) is 0.843. The maximum atomic E-state index is 12.1. The van der Waals surface area contributed by atoms with E-state index in [9.17, 15) is 14.9 Å². The van der Waals surface area contributed by atoms with Crippen LogP contribution in [0.3, 0.4) is 0 Å². The number of hydrogen-bond donors (Lipinski definition) is 1. The van der Waals surface area contributed by atoms with Gasteiger partial charge in [-0.05, 0) is 17.7 Å². The maximum Gasteiger partial charge on any atom is 0.204 e. The zero-order valence-electron chi connectivity index (χ0n) is 12.9. The van der Waals surface area contributed by atoms with Crippen LogP contribution in [0.2, 0.25) is 0 Å². The van der Waals surface area contributed by atoms with Gasteiger partial charge in [-0.25, -0.2) is 0 Å². The van der Waals surface area contributed by atoms with Crippen LogP contribution in [0.1, 0.15) is 30.9 Å². The van der Waals surface area contributed by atoms with Gasteiger partial charge in [0, 0.05) is 29.9 Å². The summed E-state index contributed by atoms with van der Waals surface area (Å²) in [7, 11) is 0. The van der Waals surface area contributed by atoms with E-state index in [0.29, 0.717) is 12.8 Å². The summed E-state index contributed by atoms with van der Waals surface area (Å²) < 4.78 is 0. The van der Waals surface area contributed by atoms with E-state index in [4.69, 9.17) is 0 Å². The Morgan fingerprint density at radius 3 is 2.26 bits per heavy atom. The minimum absolute atomic E-state index is 0.0316. The molecular weight excluding hydrogens is 292 g/mol. The first-order valence-electron chi connectivity index (χ1n) is 7.65. The van der Waals surface area contributed by atoms with E-state index in [1.54, 1.807) is 0 Å². The summed E-state index contributed by atoms with van der Waals surface area (Å²) in [4.78, 5) is 22.1. The Hall–Kier alpha value is -2.69. The third-order valence-corrected chi connectivity index (χ3v) is 3.54. The summed E-state index contributed by atoms with van der Waals surface area (Å²) in [6, 6.07) is 19.3. The number of ketones is 1. The first kappa shape index (κ1) is 16.7. The molecule has 2 aromatic carbocycles. The molecule has 0 aliphatic carbocycles. The van der Waals surface area contributed by atoms with E-state index in [0.717, 1.165) is 11.3 Å². The van der Waals surface area contributed by atoms with Gasteiger partial charge in [-0.15, -0.1) is 0 Å². The highest BCUT2D eigenvalue weighted by atomic mass is 16.6. The lowest BCUT2D eigenvalue weighted by atomic mass is 9.99. The normalized spacial score (nSPS) is 11.7. The molecule has 1 atom stereocenters.